The van der Waals surface area contributed by atoms with Gasteiger partial charge >= 0.3 is 6.03 Å². The van der Waals surface area contributed by atoms with Crippen LogP contribution in [0.5, 0.6) is 0 Å². The van der Waals surface area contributed by atoms with E-state index in [1.807, 2.05) is 31.0 Å². The van der Waals surface area contributed by atoms with Crippen LogP contribution in [0.15, 0.2) is 48.5 Å². The van der Waals surface area contributed by atoms with E-state index in [1.54, 1.807) is 18.2 Å². The van der Waals surface area contributed by atoms with Crippen LogP contribution in [-0.2, 0) is 0 Å². The van der Waals surface area contributed by atoms with Crippen molar-refractivity contribution in [2.24, 2.45) is 0 Å². The molecule has 0 spiro atoms. The number of hydrogen-bond donors (Lipinski definition) is 1. The minimum Gasteiger partial charge on any atom is -0.394 e. The largest absolute Gasteiger partial charge is 0.394 e. The summed E-state index contributed by atoms with van der Waals surface area (Å²) in [6, 6.07) is 8.56. The number of alkyl halides is 1. The number of aliphatic hydroxyl groups is 1. The number of urea groups is 1. The second-order valence-corrected chi connectivity index (χ2v) is 8.77. The maximum atomic E-state index is 15.2. The molecular formula is C25H28F3N3O2. The Kier molecular flexibility index (Phi) is 6.76. The fourth-order valence-electron chi connectivity index (χ4n) is 4.69. The smallest absolute Gasteiger partial charge is 0.325 e. The third-order valence-electron chi connectivity index (χ3n) is 6.46. The minimum atomic E-state index is -1.25. The summed E-state index contributed by atoms with van der Waals surface area (Å²) in [5.74, 6) is -1.20. The molecule has 2 aliphatic heterocycles. The topological polar surface area (TPSA) is 47.0 Å². The summed E-state index contributed by atoms with van der Waals surface area (Å²) in [4.78, 5) is 18.7. The number of likely N-dealkylation sites (tertiary alicyclic amines) is 1. The summed E-state index contributed by atoms with van der Waals surface area (Å²) in [6.45, 7) is 2.30. The van der Waals surface area contributed by atoms with Crippen molar-refractivity contribution in [2.75, 3.05) is 38.2 Å². The molecule has 2 aliphatic rings. The van der Waals surface area contributed by atoms with Crippen molar-refractivity contribution in [3.63, 3.8) is 0 Å². The number of carbonyl (C=O) groups excluding carboxylic acids is 1. The van der Waals surface area contributed by atoms with Gasteiger partial charge in [0, 0.05) is 30.9 Å². The summed E-state index contributed by atoms with van der Waals surface area (Å²) in [5, 5.41) is 9.97. The Labute approximate surface area is 191 Å². The molecule has 1 saturated heterocycles. The molecule has 1 N–H and O–H groups in total. The van der Waals surface area contributed by atoms with Gasteiger partial charge in [0.15, 0.2) is 0 Å². The molecule has 176 valence electrons. The molecule has 2 amide bonds. The Morgan fingerprint density at radius 2 is 1.97 bits per heavy atom. The Balaban J connectivity index is 1.69. The van der Waals surface area contributed by atoms with Crippen LogP contribution >= 0.6 is 0 Å². The predicted molar refractivity (Wildman–Crippen MR) is 122 cm³/mol. The third-order valence-corrected chi connectivity index (χ3v) is 6.46. The van der Waals surface area contributed by atoms with Gasteiger partial charge in [-0.15, -0.1) is 0 Å². The first-order valence-corrected chi connectivity index (χ1v) is 11.0. The molecule has 2 heterocycles. The number of aryl methyl sites for hydroxylation is 1. The average molecular weight is 460 g/mol. The fourth-order valence-corrected chi connectivity index (χ4v) is 4.69. The van der Waals surface area contributed by atoms with Gasteiger partial charge in [-0.2, -0.15) is 0 Å². The number of piperidine rings is 1. The van der Waals surface area contributed by atoms with Crippen LogP contribution in [0, 0.1) is 18.6 Å². The van der Waals surface area contributed by atoms with E-state index in [0.717, 1.165) is 23.8 Å². The first-order valence-electron chi connectivity index (χ1n) is 11.0. The van der Waals surface area contributed by atoms with Gasteiger partial charge in [-0.05, 0) is 55.8 Å². The number of amides is 2. The Bertz CT molecular complexity index is 1060. The van der Waals surface area contributed by atoms with E-state index in [-0.39, 0.29) is 25.3 Å². The Morgan fingerprint density at radius 3 is 2.67 bits per heavy atom. The lowest BCUT2D eigenvalue weighted by Crippen LogP contribution is -2.58. The van der Waals surface area contributed by atoms with Crippen molar-refractivity contribution >= 4 is 17.3 Å². The standard InChI is InChI=1S/C25H28F3N3O2/c1-16-5-3-4-6-23(16)31(24-9-10-29(2)14-22(24)28)25(33)30-13-17(11-19(30)15-32)20-12-18(26)7-8-21(20)27/h3-8,11-12,19,22,24,32H,9-10,13-15H2,1-2H3/t19?,22-,24-/m1/s1. The van der Waals surface area contributed by atoms with E-state index in [0.29, 0.717) is 24.2 Å². The lowest BCUT2D eigenvalue weighted by atomic mass is 10.00. The van der Waals surface area contributed by atoms with Gasteiger partial charge < -0.3 is 14.9 Å². The molecule has 1 unspecified atom stereocenters. The number of para-hydroxylation sites is 1. The zero-order valence-electron chi connectivity index (χ0n) is 18.7. The molecule has 2 aromatic rings. The zero-order valence-corrected chi connectivity index (χ0v) is 18.7. The second kappa shape index (κ2) is 9.57. The van der Waals surface area contributed by atoms with Crippen LogP contribution in [0.25, 0.3) is 5.57 Å². The fraction of sp³-hybridized carbons (Fsp3) is 0.400. The van der Waals surface area contributed by atoms with Gasteiger partial charge in [0.1, 0.15) is 17.8 Å². The number of nitrogens with zero attached hydrogens (tertiary/aromatic N) is 3. The van der Waals surface area contributed by atoms with E-state index in [1.165, 1.54) is 9.80 Å². The molecule has 0 bridgehead atoms. The van der Waals surface area contributed by atoms with E-state index in [2.05, 4.69) is 0 Å². The molecule has 0 aliphatic carbocycles. The van der Waals surface area contributed by atoms with Gasteiger partial charge in [0.05, 0.1) is 18.7 Å². The van der Waals surface area contributed by atoms with Crippen molar-refractivity contribution in [1.29, 1.82) is 0 Å². The molecule has 4 rings (SSSR count). The molecule has 0 aromatic heterocycles. The number of halogens is 3. The predicted octanol–water partition coefficient (Wildman–Crippen LogP) is 4.00. The van der Waals surface area contributed by atoms with E-state index >= 15 is 4.39 Å². The average Bonchev–Trinajstić information content (AvgIpc) is 3.22. The summed E-state index contributed by atoms with van der Waals surface area (Å²) >= 11 is 0. The first kappa shape index (κ1) is 23.3. The molecule has 1 fully saturated rings. The lowest BCUT2D eigenvalue weighted by molar-refractivity contribution is 0.128. The van der Waals surface area contributed by atoms with Gasteiger partial charge in [0.25, 0.3) is 0 Å². The van der Waals surface area contributed by atoms with Crippen molar-refractivity contribution in [2.45, 2.75) is 31.6 Å². The van der Waals surface area contributed by atoms with Gasteiger partial charge in [-0.1, -0.05) is 24.3 Å². The molecule has 8 heteroatoms. The van der Waals surface area contributed by atoms with Gasteiger partial charge in [-0.3, -0.25) is 4.90 Å². The maximum Gasteiger partial charge on any atom is 0.325 e. The Hall–Kier alpha value is -2.84. The van der Waals surface area contributed by atoms with E-state index < -0.39 is 35.9 Å². The summed E-state index contributed by atoms with van der Waals surface area (Å²) in [6.07, 6.45) is 0.775. The number of carbonyl (C=O) groups is 1. The van der Waals surface area contributed by atoms with Gasteiger partial charge in [-0.25, -0.2) is 18.0 Å². The monoisotopic (exact) mass is 459 g/mol. The maximum absolute atomic E-state index is 15.2. The number of aliphatic hydroxyl groups excluding tert-OH is 1. The molecule has 0 saturated carbocycles. The minimum absolute atomic E-state index is 0.0175. The Morgan fingerprint density at radius 1 is 1.21 bits per heavy atom. The molecular weight excluding hydrogens is 431 g/mol. The van der Waals surface area contributed by atoms with Gasteiger partial charge in [0.2, 0.25) is 0 Å². The van der Waals surface area contributed by atoms with Crippen LogP contribution in [0.2, 0.25) is 0 Å². The number of anilines is 1. The second-order valence-electron chi connectivity index (χ2n) is 8.77. The van der Waals surface area contributed by atoms with Crippen LogP contribution in [0.3, 0.4) is 0 Å². The van der Waals surface area contributed by atoms with Crippen LogP contribution < -0.4 is 4.90 Å². The van der Waals surface area contributed by atoms with Crippen molar-refractivity contribution in [1.82, 2.24) is 9.80 Å². The summed E-state index contributed by atoms with van der Waals surface area (Å²) in [7, 11) is 1.84. The first-order chi connectivity index (χ1) is 15.8. The van der Waals surface area contributed by atoms with Crippen LogP contribution in [0.1, 0.15) is 17.5 Å². The number of hydrogen-bond acceptors (Lipinski definition) is 3. The van der Waals surface area contributed by atoms with Crippen LogP contribution in [0.4, 0.5) is 23.7 Å². The number of rotatable bonds is 4. The molecule has 5 nitrogen and oxygen atoms in total. The van der Waals surface area contributed by atoms with E-state index in [4.69, 9.17) is 0 Å². The molecule has 33 heavy (non-hydrogen) atoms. The number of benzene rings is 2. The third kappa shape index (κ3) is 4.63. The molecule has 0 radical (unpaired) electrons. The van der Waals surface area contributed by atoms with Crippen molar-refractivity contribution < 1.29 is 23.1 Å². The highest BCUT2D eigenvalue weighted by Crippen LogP contribution is 2.33. The highest BCUT2D eigenvalue weighted by Gasteiger charge is 2.41. The quantitative estimate of drug-likeness (QED) is 0.752. The van der Waals surface area contributed by atoms with Crippen molar-refractivity contribution in [3.05, 3.63) is 71.3 Å². The molecule has 3 atom stereocenters. The highest BCUT2D eigenvalue weighted by atomic mass is 19.1. The SMILES string of the molecule is Cc1ccccc1N(C(=O)N1CC(c2cc(F)ccc2F)=CC1CO)[C@@H]1CCN(C)C[C@H]1F. The van der Waals surface area contributed by atoms with Crippen LogP contribution in [-0.4, -0.2) is 72.5 Å². The van der Waals surface area contributed by atoms with E-state index in [9.17, 15) is 18.7 Å². The molecule has 2 aromatic carbocycles. The summed E-state index contributed by atoms with van der Waals surface area (Å²) in [5.41, 5.74) is 1.88. The summed E-state index contributed by atoms with van der Waals surface area (Å²) < 4.78 is 43.4. The van der Waals surface area contributed by atoms with Crippen molar-refractivity contribution in [3.8, 4) is 0 Å². The zero-order chi connectivity index (χ0) is 23.7. The lowest BCUT2D eigenvalue weighted by Gasteiger charge is -2.42. The normalized spacial score (nSPS) is 23.5. The highest BCUT2D eigenvalue weighted by molar-refractivity contribution is 5.96.